The van der Waals surface area contributed by atoms with Gasteiger partial charge in [-0.15, -0.1) is 0 Å². The van der Waals surface area contributed by atoms with Crippen LogP contribution >= 0.6 is 11.6 Å². The van der Waals surface area contributed by atoms with Gasteiger partial charge in [0.1, 0.15) is 5.75 Å². The third kappa shape index (κ3) is 4.04. The highest BCUT2D eigenvalue weighted by molar-refractivity contribution is 6.32. The summed E-state index contributed by atoms with van der Waals surface area (Å²) < 4.78 is 30.0. The summed E-state index contributed by atoms with van der Waals surface area (Å²) in [5.74, 6) is -2.54. The molecule has 0 aliphatic carbocycles. The predicted octanol–water partition coefficient (Wildman–Crippen LogP) is 3.94. The van der Waals surface area contributed by atoms with Crippen LogP contribution in [-0.2, 0) is 6.42 Å². The van der Waals surface area contributed by atoms with E-state index in [1.165, 1.54) is 0 Å². The first-order valence-electron chi connectivity index (χ1n) is 4.71. The van der Waals surface area contributed by atoms with Gasteiger partial charge in [-0.05, 0) is 24.1 Å². The predicted molar refractivity (Wildman–Crippen MR) is 56.9 cm³/mol. The van der Waals surface area contributed by atoms with Crippen molar-refractivity contribution in [3.8, 4) is 5.75 Å². The molecule has 15 heavy (non-hydrogen) atoms. The summed E-state index contributed by atoms with van der Waals surface area (Å²) in [5, 5.41) is 0.374. The van der Waals surface area contributed by atoms with Crippen molar-refractivity contribution in [2.45, 2.75) is 26.2 Å². The minimum atomic E-state index is -2.84. The molecule has 1 rings (SSSR count). The summed E-state index contributed by atoms with van der Waals surface area (Å²) in [6.07, 6.45) is 0.851. The molecule has 0 aliphatic rings. The number of rotatable bonds is 4. The van der Waals surface area contributed by atoms with Crippen LogP contribution in [0, 0.1) is 0 Å². The molecule has 0 amide bonds. The lowest BCUT2D eigenvalue weighted by Gasteiger charge is -2.13. The van der Waals surface area contributed by atoms with Crippen molar-refractivity contribution in [1.82, 2.24) is 0 Å². The molecule has 0 atom stereocenters. The highest BCUT2D eigenvalue weighted by atomic mass is 35.5. The van der Waals surface area contributed by atoms with E-state index >= 15 is 0 Å². The van der Waals surface area contributed by atoms with E-state index in [-0.39, 0.29) is 0 Å². The Morgan fingerprint density at radius 3 is 2.53 bits per heavy atom. The Morgan fingerprint density at radius 2 is 2.07 bits per heavy atom. The first kappa shape index (κ1) is 12.2. The molecule has 0 bridgehead atoms. The second kappa shape index (κ2) is 4.79. The Bertz CT molecular complexity index is 334. The lowest BCUT2D eigenvalue weighted by Crippen LogP contribution is -2.21. The van der Waals surface area contributed by atoms with Crippen molar-refractivity contribution in [2.75, 3.05) is 6.61 Å². The lowest BCUT2D eigenvalue weighted by atomic mass is 10.2. The fourth-order valence-corrected chi connectivity index (χ4v) is 1.34. The van der Waals surface area contributed by atoms with E-state index in [0.29, 0.717) is 10.8 Å². The Morgan fingerprint density at radius 1 is 1.40 bits per heavy atom. The van der Waals surface area contributed by atoms with Crippen molar-refractivity contribution in [1.29, 1.82) is 0 Å². The second-order valence-corrected chi connectivity index (χ2v) is 3.88. The molecule has 1 aromatic carbocycles. The van der Waals surface area contributed by atoms with Gasteiger partial charge in [0, 0.05) is 6.92 Å². The van der Waals surface area contributed by atoms with Gasteiger partial charge in [0.05, 0.1) is 5.02 Å². The van der Waals surface area contributed by atoms with E-state index in [4.69, 9.17) is 16.3 Å². The summed E-state index contributed by atoms with van der Waals surface area (Å²) >= 11 is 5.87. The molecule has 0 heterocycles. The zero-order chi connectivity index (χ0) is 11.5. The molecule has 0 saturated heterocycles. The Kier molecular flexibility index (Phi) is 3.91. The molecule has 0 unspecified atom stereocenters. The van der Waals surface area contributed by atoms with E-state index in [1.54, 1.807) is 12.1 Å². The van der Waals surface area contributed by atoms with Gasteiger partial charge >= 0.3 is 0 Å². The molecule has 84 valence electrons. The maximum Gasteiger partial charge on any atom is 0.278 e. The van der Waals surface area contributed by atoms with E-state index < -0.39 is 12.5 Å². The van der Waals surface area contributed by atoms with Crippen LogP contribution in [-0.4, -0.2) is 12.5 Å². The Balaban J connectivity index is 2.70. The minimum Gasteiger partial charge on any atom is -0.486 e. The van der Waals surface area contributed by atoms with Crippen LogP contribution in [0.1, 0.15) is 19.4 Å². The first-order chi connectivity index (χ1) is 6.92. The molecule has 0 aliphatic heterocycles. The fourth-order valence-electron chi connectivity index (χ4n) is 1.09. The monoisotopic (exact) mass is 234 g/mol. The molecule has 4 heteroatoms. The number of ether oxygens (including phenoxy) is 1. The molecule has 0 N–H and O–H groups in total. The molecule has 0 saturated carbocycles. The Hall–Kier alpha value is -0.830. The summed E-state index contributed by atoms with van der Waals surface area (Å²) in [5.41, 5.74) is 1.05. The van der Waals surface area contributed by atoms with Crippen LogP contribution in [0.25, 0.3) is 0 Å². The van der Waals surface area contributed by atoms with Crippen molar-refractivity contribution < 1.29 is 13.5 Å². The number of aryl methyl sites for hydroxylation is 1. The average Bonchev–Trinajstić information content (AvgIpc) is 2.14. The van der Waals surface area contributed by atoms with Crippen LogP contribution in [0.4, 0.5) is 8.78 Å². The largest absolute Gasteiger partial charge is 0.486 e. The van der Waals surface area contributed by atoms with E-state index in [9.17, 15) is 8.78 Å². The number of halogens is 3. The van der Waals surface area contributed by atoms with E-state index in [2.05, 4.69) is 0 Å². The van der Waals surface area contributed by atoms with Crippen molar-refractivity contribution in [3.05, 3.63) is 28.8 Å². The SMILES string of the molecule is CCc1ccc(OCC(C)(F)F)c(Cl)c1. The molecule has 0 radical (unpaired) electrons. The highest BCUT2D eigenvalue weighted by Gasteiger charge is 2.22. The van der Waals surface area contributed by atoms with E-state index in [0.717, 1.165) is 18.9 Å². The molecular formula is C11H13ClF2O. The first-order valence-corrected chi connectivity index (χ1v) is 5.09. The molecule has 0 fully saturated rings. The minimum absolute atomic E-state index is 0.301. The summed E-state index contributed by atoms with van der Waals surface area (Å²) in [6, 6.07) is 5.16. The van der Waals surface area contributed by atoms with E-state index in [1.807, 2.05) is 13.0 Å². The van der Waals surface area contributed by atoms with Gasteiger partial charge in [0.25, 0.3) is 5.92 Å². The summed E-state index contributed by atoms with van der Waals surface area (Å²) in [4.78, 5) is 0. The smallest absolute Gasteiger partial charge is 0.278 e. The van der Waals surface area contributed by atoms with Crippen molar-refractivity contribution in [2.24, 2.45) is 0 Å². The number of benzene rings is 1. The van der Waals surface area contributed by atoms with Gasteiger partial charge in [-0.2, -0.15) is 0 Å². The average molecular weight is 235 g/mol. The van der Waals surface area contributed by atoms with Crippen LogP contribution in [0.15, 0.2) is 18.2 Å². The second-order valence-electron chi connectivity index (χ2n) is 3.48. The quantitative estimate of drug-likeness (QED) is 0.767. The highest BCUT2D eigenvalue weighted by Crippen LogP contribution is 2.27. The summed E-state index contributed by atoms with van der Waals surface area (Å²) in [6.45, 7) is 2.14. The maximum absolute atomic E-state index is 12.5. The van der Waals surface area contributed by atoms with Crippen LogP contribution in [0.5, 0.6) is 5.75 Å². The van der Waals surface area contributed by atoms with Crippen LogP contribution in [0.3, 0.4) is 0 Å². The Labute approximate surface area is 93.0 Å². The molecule has 0 aromatic heterocycles. The molecular weight excluding hydrogens is 222 g/mol. The van der Waals surface area contributed by atoms with Gasteiger partial charge in [-0.1, -0.05) is 24.6 Å². The molecule has 0 spiro atoms. The molecule has 1 aromatic rings. The van der Waals surface area contributed by atoms with Gasteiger partial charge in [0.2, 0.25) is 0 Å². The van der Waals surface area contributed by atoms with Gasteiger partial charge < -0.3 is 4.74 Å². The van der Waals surface area contributed by atoms with Crippen LogP contribution < -0.4 is 4.74 Å². The zero-order valence-corrected chi connectivity index (χ0v) is 9.44. The number of alkyl halides is 2. The number of hydrogen-bond acceptors (Lipinski definition) is 1. The van der Waals surface area contributed by atoms with Gasteiger partial charge in [0.15, 0.2) is 6.61 Å². The topological polar surface area (TPSA) is 9.23 Å². The van der Waals surface area contributed by atoms with Crippen molar-refractivity contribution >= 4 is 11.6 Å². The normalized spacial score (nSPS) is 11.5. The molecule has 1 nitrogen and oxygen atoms in total. The lowest BCUT2D eigenvalue weighted by molar-refractivity contribution is -0.0229. The standard InChI is InChI=1S/C11H13ClF2O/c1-3-8-4-5-10(9(12)6-8)15-7-11(2,13)14/h4-6H,3,7H2,1-2H3. The fraction of sp³-hybridized carbons (Fsp3) is 0.455. The third-order valence-corrected chi connectivity index (χ3v) is 2.18. The maximum atomic E-state index is 12.5. The van der Waals surface area contributed by atoms with Gasteiger partial charge in [-0.3, -0.25) is 0 Å². The van der Waals surface area contributed by atoms with Gasteiger partial charge in [-0.25, -0.2) is 8.78 Å². The third-order valence-electron chi connectivity index (χ3n) is 1.89. The number of hydrogen-bond donors (Lipinski definition) is 0. The van der Waals surface area contributed by atoms with Crippen LogP contribution in [0.2, 0.25) is 5.02 Å². The summed E-state index contributed by atoms with van der Waals surface area (Å²) in [7, 11) is 0. The van der Waals surface area contributed by atoms with Crippen molar-refractivity contribution in [3.63, 3.8) is 0 Å². The zero-order valence-electron chi connectivity index (χ0n) is 8.69.